The van der Waals surface area contributed by atoms with Crippen LogP contribution in [0.3, 0.4) is 0 Å². The smallest absolute Gasteiger partial charge is 0.358 e. The number of aromatic carboxylic acids is 1. The molecule has 0 unspecified atom stereocenters. The first kappa shape index (κ1) is 13.7. The molecule has 0 aliphatic carbocycles. The quantitative estimate of drug-likeness (QED) is 0.797. The highest BCUT2D eigenvalue weighted by Gasteiger charge is 2.08. The van der Waals surface area contributed by atoms with Crippen molar-refractivity contribution in [3.05, 3.63) is 41.7 Å². The molecule has 2 aromatic rings. The van der Waals surface area contributed by atoms with Gasteiger partial charge in [0.25, 0.3) is 0 Å². The average Bonchev–Trinajstić information content (AvgIpc) is 2.88. The van der Waals surface area contributed by atoms with E-state index in [1.165, 1.54) is 17.8 Å². The molecule has 0 aliphatic rings. The van der Waals surface area contributed by atoms with E-state index >= 15 is 0 Å². The second-order valence-electron chi connectivity index (χ2n) is 4.10. The maximum atomic E-state index is 11.2. The topological polar surface area (TPSA) is 94.3 Å². The third-order valence-electron chi connectivity index (χ3n) is 2.59. The van der Waals surface area contributed by atoms with Crippen LogP contribution in [0.25, 0.3) is 0 Å². The Morgan fingerprint density at radius 2 is 2.20 bits per heavy atom. The van der Waals surface area contributed by atoms with Crippen molar-refractivity contribution in [2.24, 2.45) is 0 Å². The van der Waals surface area contributed by atoms with Gasteiger partial charge in [-0.05, 0) is 19.1 Å². The minimum atomic E-state index is -1.12. The SMILES string of the molecule is CC(=O)c1cccc(OCCn2cc(C(=O)O)nn2)c1. The molecule has 0 fully saturated rings. The molecule has 0 radical (unpaired) electrons. The summed E-state index contributed by atoms with van der Waals surface area (Å²) >= 11 is 0. The van der Waals surface area contributed by atoms with Crippen molar-refractivity contribution in [1.29, 1.82) is 0 Å². The van der Waals surface area contributed by atoms with Crippen molar-refractivity contribution in [2.75, 3.05) is 6.61 Å². The fourth-order valence-corrected chi connectivity index (χ4v) is 1.57. The zero-order chi connectivity index (χ0) is 14.5. The monoisotopic (exact) mass is 275 g/mol. The number of Topliss-reactive ketones (excluding diaryl/α,β-unsaturated/α-hetero) is 1. The summed E-state index contributed by atoms with van der Waals surface area (Å²) in [7, 11) is 0. The van der Waals surface area contributed by atoms with E-state index in [1.54, 1.807) is 24.3 Å². The van der Waals surface area contributed by atoms with Crippen LogP contribution in [0.5, 0.6) is 5.75 Å². The highest BCUT2D eigenvalue weighted by atomic mass is 16.5. The molecule has 0 bridgehead atoms. The van der Waals surface area contributed by atoms with Gasteiger partial charge in [-0.25, -0.2) is 9.48 Å². The molecule has 1 aromatic carbocycles. The van der Waals surface area contributed by atoms with Crippen LogP contribution < -0.4 is 4.74 Å². The Labute approximate surface area is 114 Å². The van der Waals surface area contributed by atoms with Crippen LogP contribution >= 0.6 is 0 Å². The van der Waals surface area contributed by atoms with Gasteiger partial charge in [-0.1, -0.05) is 17.3 Å². The molecular weight excluding hydrogens is 262 g/mol. The molecule has 104 valence electrons. The average molecular weight is 275 g/mol. The van der Waals surface area contributed by atoms with E-state index in [1.807, 2.05) is 0 Å². The van der Waals surface area contributed by atoms with Crippen molar-refractivity contribution < 1.29 is 19.4 Å². The maximum Gasteiger partial charge on any atom is 0.358 e. The summed E-state index contributed by atoms with van der Waals surface area (Å²) in [6.45, 7) is 2.15. The Morgan fingerprint density at radius 3 is 2.85 bits per heavy atom. The predicted octanol–water partition coefficient (Wildman–Crippen LogP) is 1.26. The fraction of sp³-hybridized carbons (Fsp3) is 0.231. The van der Waals surface area contributed by atoms with E-state index < -0.39 is 5.97 Å². The van der Waals surface area contributed by atoms with Crippen LogP contribution in [-0.2, 0) is 6.54 Å². The van der Waals surface area contributed by atoms with Gasteiger partial charge in [-0.15, -0.1) is 5.10 Å². The van der Waals surface area contributed by atoms with Crippen LogP contribution in [0.1, 0.15) is 27.8 Å². The van der Waals surface area contributed by atoms with Gasteiger partial charge < -0.3 is 9.84 Å². The lowest BCUT2D eigenvalue weighted by Crippen LogP contribution is -2.09. The molecule has 0 saturated heterocycles. The van der Waals surface area contributed by atoms with Crippen molar-refractivity contribution in [1.82, 2.24) is 15.0 Å². The van der Waals surface area contributed by atoms with Crippen LogP contribution in [-0.4, -0.2) is 38.5 Å². The van der Waals surface area contributed by atoms with Crippen molar-refractivity contribution in [3.63, 3.8) is 0 Å². The zero-order valence-corrected chi connectivity index (χ0v) is 10.8. The van der Waals surface area contributed by atoms with E-state index in [4.69, 9.17) is 9.84 Å². The van der Waals surface area contributed by atoms with Gasteiger partial charge in [0.1, 0.15) is 12.4 Å². The van der Waals surface area contributed by atoms with E-state index in [0.29, 0.717) is 24.5 Å². The lowest BCUT2D eigenvalue weighted by atomic mass is 10.1. The molecular formula is C13H13N3O4. The van der Waals surface area contributed by atoms with E-state index in [9.17, 15) is 9.59 Å². The van der Waals surface area contributed by atoms with Gasteiger partial charge in [0.2, 0.25) is 0 Å². The van der Waals surface area contributed by atoms with Crippen LogP contribution in [0.2, 0.25) is 0 Å². The molecule has 1 N–H and O–H groups in total. The first-order chi connectivity index (χ1) is 9.56. The standard InChI is InChI=1S/C13H13N3O4/c1-9(17)10-3-2-4-11(7-10)20-6-5-16-8-12(13(18)19)14-15-16/h2-4,7-8H,5-6H2,1H3,(H,18,19). The molecule has 0 atom stereocenters. The molecule has 1 aromatic heterocycles. The number of ether oxygens (including phenoxy) is 1. The molecule has 20 heavy (non-hydrogen) atoms. The number of rotatable bonds is 6. The van der Waals surface area contributed by atoms with E-state index in [-0.39, 0.29) is 11.5 Å². The van der Waals surface area contributed by atoms with Crippen molar-refractivity contribution >= 4 is 11.8 Å². The third-order valence-corrected chi connectivity index (χ3v) is 2.59. The first-order valence-electron chi connectivity index (χ1n) is 5.93. The molecule has 7 nitrogen and oxygen atoms in total. The van der Waals surface area contributed by atoms with Crippen LogP contribution in [0, 0.1) is 0 Å². The minimum Gasteiger partial charge on any atom is -0.492 e. The number of carboxylic acids is 1. The summed E-state index contributed by atoms with van der Waals surface area (Å²) in [6.07, 6.45) is 1.33. The van der Waals surface area contributed by atoms with Gasteiger partial charge in [0.05, 0.1) is 12.7 Å². The van der Waals surface area contributed by atoms with Crippen LogP contribution in [0.4, 0.5) is 0 Å². The highest BCUT2D eigenvalue weighted by Crippen LogP contribution is 2.13. The summed E-state index contributed by atoms with van der Waals surface area (Å²) in [6, 6.07) is 6.86. The Balaban J connectivity index is 1.90. The first-order valence-corrected chi connectivity index (χ1v) is 5.93. The molecule has 0 saturated carbocycles. The van der Waals surface area contributed by atoms with Crippen LogP contribution in [0.15, 0.2) is 30.5 Å². The number of aromatic nitrogens is 3. The summed E-state index contributed by atoms with van der Waals surface area (Å²) in [5, 5.41) is 15.9. The number of carbonyl (C=O) groups excluding carboxylic acids is 1. The molecule has 7 heteroatoms. The van der Waals surface area contributed by atoms with Crippen molar-refractivity contribution in [2.45, 2.75) is 13.5 Å². The lowest BCUT2D eigenvalue weighted by molar-refractivity contribution is 0.0690. The molecule has 0 aliphatic heterocycles. The van der Waals surface area contributed by atoms with Gasteiger partial charge in [-0.3, -0.25) is 4.79 Å². The summed E-state index contributed by atoms with van der Waals surface area (Å²) in [5.74, 6) is -0.569. The van der Waals surface area contributed by atoms with Gasteiger partial charge in [-0.2, -0.15) is 0 Å². The number of nitrogens with zero attached hydrogens (tertiary/aromatic N) is 3. The zero-order valence-electron chi connectivity index (χ0n) is 10.8. The fourth-order valence-electron chi connectivity index (χ4n) is 1.57. The molecule has 2 rings (SSSR count). The number of carbonyl (C=O) groups is 2. The lowest BCUT2D eigenvalue weighted by Gasteiger charge is -2.06. The van der Waals surface area contributed by atoms with Gasteiger partial charge in [0.15, 0.2) is 11.5 Å². The highest BCUT2D eigenvalue weighted by molar-refractivity contribution is 5.94. The number of carboxylic acid groups (broad SMARTS) is 1. The largest absolute Gasteiger partial charge is 0.492 e. The number of hydrogen-bond donors (Lipinski definition) is 1. The molecule has 0 spiro atoms. The Hall–Kier alpha value is -2.70. The summed E-state index contributed by atoms with van der Waals surface area (Å²) in [4.78, 5) is 21.9. The Morgan fingerprint density at radius 1 is 1.40 bits per heavy atom. The second-order valence-corrected chi connectivity index (χ2v) is 4.10. The maximum absolute atomic E-state index is 11.2. The van der Waals surface area contributed by atoms with Gasteiger partial charge in [0, 0.05) is 5.56 Å². The summed E-state index contributed by atoms with van der Waals surface area (Å²) < 4.78 is 6.87. The Bertz CT molecular complexity index is 636. The van der Waals surface area contributed by atoms with E-state index in [2.05, 4.69) is 10.3 Å². The predicted molar refractivity (Wildman–Crippen MR) is 68.9 cm³/mol. The molecule has 1 heterocycles. The normalized spacial score (nSPS) is 10.2. The Kier molecular flexibility index (Phi) is 4.09. The number of benzene rings is 1. The number of ketones is 1. The minimum absolute atomic E-state index is 0.0298. The van der Waals surface area contributed by atoms with E-state index in [0.717, 1.165) is 0 Å². The van der Waals surface area contributed by atoms with Crippen molar-refractivity contribution in [3.8, 4) is 5.75 Å². The number of hydrogen-bond acceptors (Lipinski definition) is 5. The third kappa shape index (κ3) is 3.41. The molecule has 0 amide bonds. The second kappa shape index (κ2) is 5.96. The summed E-state index contributed by atoms with van der Waals surface area (Å²) in [5.41, 5.74) is 0.472. The van der Waals surface area contributed by atoms with Gasteiger partial charge >= 0.3 is 5.97 Å².